The van der Waals surface area contributed by atoms with Crippen LogP contribution in [-0.4, -0.2) is 0 Å². The molecule has 0 amide bonds. The zero-order valence-corrected chi connectivity index (χ0v) is 10.5. The van der Waals surface area contributed by atoms with Gasteiger partial charge in [0.1, 0.15) is 0 Å². The van der Waals surface area contributed by atoms with E-state index >= 15 is 0 Å². The Bertz CT molecular complexity index is 149. The van der Waals surface area contributed by atoms with E-state index in [1.54, 1.807) is 0 Å². The monoisotopic (exact) mass is 195 g/mol. The van der Waals surface area contributed by atoms with Crippen molar-refractivity contribution in [2.45, 2.75) is 66.2 Å². The second-order valence-corrected chi connectivity index (χ2v) is 6.15. The molecule has 0 aromatic carbocycles. The summed E-state index contributed by atoms with van der Waals surface area (Å²) in [6, 6.07) is 0. The number of hydrogen-bond donors (Lipinski definition) is 0. The molecular formula is C14H27. The lowest BCUT2D eigenvalue weighted by molar-refractivity contribution is 0.272. The Morgan fingerprint density at radius 2 is 1.71 bits per heavy atom. The van der Waals surface area contributed by atoms with Gasteiger partial charge in [-0.3, -0.25) is 0 Å². The summed E-state index contributed by atoms with van der Waals surface area (Å²) in [6.07, 6.45) is 11.3. The lowest BCUT2D eigenvalue weighted by atomic mass is 9.73. The summed E-state index contributed by atoms with van der Waals surface area (Å²) in [6.45, 7) is 9.47. The molecule has 0 aliphatic heterocycles. The highest BCUT2D eigenvalue weighted by molar-refractivity contribution is 4.91. The molecule has 1 aliphatic rings. The maximum Gasteiger partial charge on any atom is -0.0298 e. The molecule has 0 nitrogen and oxygen atoms in total. The maximum atomic E-state index is 2.64. The van der Waals surface area contributed by atoms with Crippen molar-refractivity contribution in [2.24, 2.45) is 17.3 Å². The average Bonchev–Trinajstić information content (AvgIpc) is 2.02. The predicted octanol–water partition coefficient (Wildman–Crippen LogP) is 4.84. The minimum atomic E-state index is 0.455. The minimum Gasteiger partial charge on any atom is -0.0628 e. The normalized spacial score (nSPS) is 20.4. The Morgan fingerprint density at radius 3 is 2.21 bits per heavy atom. The SMILES string of the molecule is CC(C)CC(C)(C)[CH]C1CCCCC1. The molecule has 0 spiro atoms. The van der Waals surface area contributed by atoms with Gasteiger partial charge in [-0.1, -0.05) is 59.8 Å². The fourth-order valence-corrected chi connectivity index (χ4v) is 3.06. The van der Waals surface area contributed by atoms with Gasteiger partial charge in [0.2, 0.25) is 0 Å². The van der Waals surface area contributed by atoms with E-state index in [0.717, 1.165) is 11.8 Å². The Balaban J connectivity index is 2.32. The van der Waals surface area contributed by atoms with Gasteiger partial charge in [-0.25, -0.2) is 0 Å². The topological polar surface area (TPSA) is 0 Å². The molecule has 0 heterocycles. The zero-order valence-electron chi connectivity index (χ0n) is 10.5. The van der Waals surface area contributed by atoms with Gasteiger partial charge < -0.3 is 0 Å². The van der Waals surface area contributed by atoms with Gasteiger partial charge in [0, 0.05) is 0 Å². The van der Waals surface area contributed by atoms with Crippen LogP contribution in [0.25, 0.3) is 0 Å². The number of hydrogen-bond acceptors (Lipinski definition) is 0. The molecule has 0 atom stereocenters. The summed E-state index contributed by atoms with van der Waals surface area (Å²) in [4.78, 5) is 0. The first-order valence-corrected chi connectivity index (χ1v) is 6.36. The van der Waals surface area contributed by atoms with Crippen molar-refractivity contribution in [2.75, 3.05) is 0 Å². The summed E-state index contributed by atoms with van der Waals surface area (Å²) < 4.78 is 0. The van der Waals surface area contributed by atoms with Gasteiger partial charge in [0.15, 0.2) is 0 Å². The Hall–Kier alpha value is 0. The largest absolute Gasteiger partial charge is 0.0628 e. The standard InChI is InChI=1S/C14H27/c1-12(2)10-14(3,4)11-13-8-6-5-7-9-13/h11-13H,5-10H2,1-4H3. The van der Waals surface area contributed by atoms with Crippen molar-refractivity contribution in [3.05, 3.63) is 6.42 Å². The first-order valence-electron chi connectivity index (χ1n) is 6.36. The molecule has 0 aromatic rings. The van der Waals surface area contributed by atoms with Crippen LogP contribution in [0.3, 0.4) is 0 Å². The van der Waals surface area contributed by atoms with Gasteiger partial charge in [-0.15, -0.1) is 0 Å². The van der Waals surface area contributed by atoms with Crippen molar-refractivity contribution < 1.29 is 0 Å². The fourth-order valence-electron chi connectivity index (χ4n) is 3.06. The van der Waals surface area contributed by atoms with Gasteiger partial charge in [0.05, 0.1) is 0 Å². The van der Waals surface area contributed by atoms with E-state index in [4.69, 9.17) is 0 Å². The third-order valence-electron chi connectivity index (χ3n) is 3.27. The molecular weight excluding hydrogens is 168 g/mol. The molecule has 1 aliphatic carbocycles. The highest BCUT2D eigenvalue weighted by Crippen LogP contribution is 2.37. The van der Waals surface area contributed by atoms with E-state index in [2.05, 4.69) is 34.1 Å². The van der Waals surface area contributed by atoms with Crippen LogP contribution >= 0.6 is 0 Å². The second-order valence-electron chi connectivity index (χ2n) is 6.15. The van der Waals surface area contributed by atoms with Gasteiger partial charge in [0.25, 0.3) is 0 Å². The van der Waals surface area contributed by atoms with Gasteiger partial charge in [-0.2, -0.15) is 0 Å². The highest BCUT2D eigenvalue weighted by atomic mass is 14.3. The smallest absolute Gasteiger partial charge is 0.0298 e. The summed E-state index contributed by atoms with van der Waals surface area (Å²) in [7, 11) is 0. The predicted molar refractivity (Wildman–Crippen MR) is 64.1 cm³/mol. The van der Waals surface area contributed by atoms with Gasteiger partial charge in [-0.05, 0) is 30.1 Å². The van der Waals surface area contributed by atoms with Crippen molar-refractivity contribution in [1.29, 1.82) is 0 Å². The molecule has 0 unspecified atom stereocenters. The average molecular weight is 195 g/mol. The van der Waals surface area contributed by atoms with Crippen molar-refractivity contribution in [3.8, 4) is 0 Å². The van der Waals surface area contributed by atoms with Crippen LogP contribution in [0.1, 0.15) is 66.2 Å². The molecule has 1 saturated carbocycles. The maximum absolute atomic E-state index is 2.64. The minimum absolute atomic E-state index is 0.455. The number of rotatable bonds is 4. The molecule has 0 bridgehead atoms. The molecule has 1 radical (unpaired) electrons. The van der Waals surface area contributed by atoms with Crippen LogP contribution in [0, 0.1) is 23.7 Å². The van der Waals surface area contributed by atoms with Gasteiger partial charge >= 0.3 is 0 Å². The first-order chi connectivity index (χ1) is 6.49. The van der Waals surface area contributed by atoms with Crippen LogP contribution in [0.5, 0.6) is 0 Å². The van der Waals surface area contributed by atoms with E-state index in [0.29, 0.717) is 5.41 Å². The summed E-state index contributed by atoms with van der Waals surface area (Å²) in [5.74, 6) is 1.74. The van der Waals surface area contributed by atoms with Crippen molar-refractivity contribution >= 4 is 0 Å². The third kappa shape index (κ3) is 4.48. The van der Waals surface area contributed by atoms with Crippen molar-refractivity contribution in [3.63, 3.8) is 0 Å². The second kappa shape index (κ2) is 5.19. The summed E-state index contributed by atoms with van der Waals surface area (Å²) in [5, 5.41) is 0. The van der Waals surface area contributed by atoms with Crippen LogP contribution in [-0.2, 0) is 0 Å². The Morgan fingerprint density at radius 1 is 1.14 bits per heavy atom. The molecule has 0 N–H and O–H groups in total. The molecule has 0 saturated heterocycles. The van der Waals surface area contributed by atoms with E-state index in [1.165, 1.54) is 38.5 Å². The molecule has 14 heavy (non-hydrogen) atoms. The molecule has 83 valence electrons. The Labute approximate surface area is 90.5 Å². The van der Waals surface area contributed by atoms with Crippen molar-refractivity contribution in [1.82, 2.24) is 0 Å². The molecule has 0 heteroatoms. The van der Waals surface area contributed by atoms with Crippen LogP contribution in [0.15, 0.2) is 0 Å². The quantitative estimate of drug-likeness (QED) is 0.602. The molecule has 0 aromatic heterocycles. The summed E-state index contributed by atoms with van der Waals surface area (Å²) >= 11 is 0. The fraction of sp³-hybridized carbons (Fsp3) is 0.929. The lowest BCUT2D eigenvalue weighted by Gasteiger charge is -2.32. The highest BCUT2D eigenvalue weighted by Gasteiger charge is 2.25. The lowest BCUT2D eigenvalue weighted by Crippen LogP contribution is -2.21. The molecule has 1 fully saturated rings. The third-order valence-corrected chi connectivity index (χ3v) is 3.27. The van der Waals surface area contributed by atoms with E-state index in [9.17, 15) is 0 Å². The first kappa shape index (κ1) is 12.1. The van der Waals surface area contributed by atoms with E-state index < -0.39 is 0 Å². The summed E-state index contributed by atoms with van der Waals surface area (Å²) in [5.41, 5.74) is 0.455. The van der Waals surface area contributed by atoms with Crippen LogP contribution < -0.4 is 0 Å². The van der Waals surface area contributed by atoms with Crippen LogP contribution in [0.4, 0.5) is 0 Å². The van der Waals surface area contributed by atoms with E-state index in [-0.39, 0.29) is 0 Å². The molecule has 1 rings (SSSR count). The Kier molecular flexibility index (Phi) is 4.47. The van der Waals surface area contributed by atoms with Crippen LogP contribution in [0.2, 0.25) is 0 Å². The zero-order chi connectivity index (χ0) is 10.6. The van der Waals surface area contributed by atoms with E-state index in [1.807, 2.05) is 0 Å².